The van der Waals surface area contributed by atoms with E-state index in [0.717, 1.165) is 17.6 Å². The van der Waals surface area contributed by atoms with Crippen LogP contribution in [0.3, 0.4) is 0 Å². The van der Waals surface area contributed by atoms with Crippen LogP contribution in [0.4, 0.5) is 0 Å². The molecule has 0 bridgehead atoms. The molecule has 4 nitrogen and oxygen atoms in total. The minimum Gasteiger partial charge on any atom is -0.468 e. The summed E-state index contributed by atoms with van der Waals surface area (Å²) in [6, 6.07) is 0. The predicted octanol–water partition coefficient (Wildman–Crippen LogP) is 5.86. The predicted molar refractivity (Wildman–Crippen MR) is 125 cm³/mol. The molecule has 2 atom stereocenters. The molecule has 1 heterocycles. The van der Waals surface area contributed by atoms with E-state index in [4.69, 9.17) is 9.15 Å². The van der Waals surface area contributed by atoms with Crippen LogP contribution in [0.15, 0.2) is 56.3 Å². The third-order valence-corrected chi connectivity index (χ3v) is 5.44. The number of allylic oxidation sites excluding steroid dienone is 6. The second-order valence-electron chi connectivity index (χ2n) is 7.91. The van der Waals surface area contributed by atoms with Crippen LogP contribution in [-0.4, -0.2) is 18.3 Å². The van der Waals surface area contributed by atoms with Gasteiger partial charge in [-0.05, 0) is 53.0 Å². The van der Waals surface area contributed by atoms with Gasteiger partial charge in [-0.25, -0.2) is 0 Å². The SMILES string of the molecule is C/C=C(/C)[C@H](O)[C@@H](C)/C=C(C)\C=C/C/C(C)=C/Cc1oc(OC)c(CC)c(=O)c1C. The van der Waals surface area contributed by atoms with Gasteiger partial charge < -0.3 is 14.3 Å². The standard InChI is InChI=1S/C26H38O4/c1-9-19(5)24(27)20(6)16-18(4)13-11-12-17(3)14-15-23-21(7)25(28)22(10-2)26(29-8)30-23/h9,11,13-14,16,20,24,27H,10,12,15H2,1-8H3/b13-11-,17-14+,18-16-,19-9-/t20-,24-/m0/s1. The molecule has 0 radical (unpaired) electrons. The van der Waals surface area contributed by atoms with Gasteiger partial charge in [-0.3, -0.25) is 4.79 Å². The molecular formula is C26H38O4. The lowest BCUT2D eigenvalue weighted by molar-refractivity contribution is 0.173. The van der Waals surface area contributed by atoms with Crippen molar-refractivity contribution in [3.8, 4) is 5.95 Å². The Bertz CT molecular complexity index is 881. The summed E-state index contributed by atoms with van der Waals surface area (Å²) in [7, 11) is 1.53. The fraction of sp³-hybridized carbons (Fsp3) is 0.500. The molecule has 1 rings (SSSR count). The maximum atomic E-state index is 12.5. The van der Waals surface area contributed by atoms with Gasteiger partial charge >= 0.3 is 0 Å². The van der Waals surface area contributed by atoms with Crippen LogP contribution < -0.4 is 10.2 Å². The van der Waals surface area contributed by atoms with E-state index in [2.05, 4.69) is 31.2 Å². The average Bonchev–Trinajstić information content (AvgIpc) is 2.73. The first-order valence-corrected chi connectivity index (χ1v) is 10.7. The molecule has 0 saturated carbocycles. The van der Waals surface area contributed by atoms with Crippen molar-refractivity contribution < 1.29 is 14.3 Å². The van der Waals surface area contributed by atoms with Gasteiger partial charge in [0.15, 0.2) is 5.43 Å². The highest BCUT2D eigenvalue weighted by molar-refractivity contribution is 5.31. The Kier molecular flexibility index (Phi) is 10.6. The molecule has 0 saturated heterocycles. The first-order valence-electron chi connectivity index (χ1n) is 10.7. The van der Waals surface area contributed by atoms with E-state index in [1.807, 2.05) is 47.6 Å². The topological polar surface area (TPSA) is 59.7 Å². The van der Waals surface area contributed by atoms with E-state index in [1.54, 1.807) is 0 Å². The molecule has 0 fully saturated rings. The Morgan fingerprint density at radius 1 is 1.27 bits per heavy atom. The number of aliphatic hydroxyl groups is 1. The van der Waals surface area contributed by atoms with Crippen molar-refractivity contribution in [2.45, 2.75) is 73.8 Å². The van der Waals surface area contributed by atoms with Crippen molar-refractivity contribution in [2.75, 3.05) is 7.11 Å². The van der Waals surface area contributed by atoms with Crippen molar-refractivity contribution in [3.63, 3.8) is 0 Å². The van der Waals surface area contributed by atoms with Gasteiger partial charge in [-0.2, -0.15) is 0 Å². The largest absolute Gasteiger partial charge is 0.468 e. The fourth-order valence-corrected chi connectivity index (χ4v) is 3.29. The summed E-state index contributed by atoms with van der Waals surface area (Å²) in [5, 5.41) is 10.3. The van der Waals surface area contributed by atoms with Gasteiger partial charge in [0.1, 0.15) is 5.76 Å². The zero-order valence-electron chi connectivity index (χ0n) is 19.8. The van der Waals surface area contributed by atoms with Crippen molar-refractivity contribution in [3.05, 3.63) is 74.2 Å². The molecule has 0 aliphatic carbocycles. The maximum Gasteiger partial charge on any atom is 0.291 e. The molecular weight excluding hydrogens is 376 g/mol. The summed E-state index contributed by atoms with van der Waals surface area (Å²) in [4.78, 5) is 12.5. The quantitative estimate of drug-likeness (QED) is 0.384. The van der Waals surface area contributed by atoms with E-state index in [-0.39, 0.29) is 11.3 Å². The van der Waals surface area contributed by atoms with E-state index >= 15 is 0 Å². The first-order chi connectivity index (χ1) is 14.2. The summed E-state index contributed by atoms with van der Waals surface area (Å²) >= 11 is 0. The molecule has 1 N–H and O–H groups in total. The van der Waals surface area contributed by atoms with E-state index in [9.17, 15) is 9.90 Å². The Labute approximate surface area is 181 Å². The zero-order chi connectivity index (χ0) is 22.8. The monoisotopic (exact) mass is 414 g/mol. The molecule has 0 aliphatic rings. The van der Waals surface area contributed by atoms with Gasteiger partial charge in [0, 0.05) is 17.9 Å². The highest BCUT2D eigenvalue weighted by Crippen LogP contribution is 2.21. The van der Waals surface area contributed by atoms with Crippen molar-refractivity contribution in [2.24, 2.45) is 5.92 Å². The van der Waals surface area contributed by atoms with Crippen LogP contribution in [0.1, 0.15) is 64.9 Å². The van der Waals surface area contributed by atoms with Crippen LogP contribution in [0.25, 0.3) is 0 Å². The number of ether oxygens (including phenoxy) is 1. The van der Waals surface area contributed by atoms with E-state index in [1.165, 1.54) is 12.7 Å². The Morgan fingerprint density at radius 2 is 1.93 bits per heavy atom. The van der Waals surface area contributed by atoms with Crippen LogP contribution >= 0.6 is 0 Å². The molecule has 0 aromatic carbocycles. The molecule has 30 heavy (non-hydrogen) atoms. The summed E-state index contributed by atoms with van der Waals surface area (Å²) in [6.07, 6.45) is 11.8. The highest BCUT2D eigenvalue weighted by Gasteiger charge is 2.15. The summed E-state index contributed by atoms with van der Waals surface area (Å²) in [5.74, 6) is 1.03. The number of hydrogen-bond donors (Lipinski definition) is 1. The Hall–Kier alpha value is -2.33. The first kappa shape index (κ1) is 25.7. The molecule has 4 heteroatoms. The van der Waals surface area contributed by atoms with E-state index < -0.39 is 6.10 Å². The normalized spacial score (nSPS) is 15.6. The smallest absolute Gasteiger partial charge is 0.291 e. The van der Waals surface area contributed by atoms with Gasteiger partial charge in [0.25, 0.3) is 5.95 Å². The molecule has 1 aromatic rings. The Balaban J connectivity index is 2.80. The van der Waals surface area contributed by atoms with Crippen molar-refractivity contribution in [1.29, 1.82) is 0 Å². The summed E-state index contributed by atoms with van der Waals surface area (Å²) < 4.78 is 11.1. The minimum atomic E-state index is -0.450. The zero-order valence-corrected chi connectivity index (χ0v) is 19.8. The number of methoxy groups -OCH3 is 1. The second kappa shape index (κ2) is 12.4. The lowest BCUT2D eigenvalue weighted by Crippen LogP contribution is -2.17. The number of rotatable bonds is 10. The summed E-state index contributed by atoms with van der Waals surface area (Å²) in [6.45, 7) is 13.8. The van der Waals surface area contributed by atoms with Crippen LogP contribution in [0, 0.1) is 12.8 Å². The van der Waals surface area contributed by atoms with Gasteiger partial charge in [-0.1, -0.05) is 55.4 Å². The van der Waals surface area contributed by atoms with Gasteiger partial charge in [0.05, 0.1) is 18.8 Å². The molecule has 166 valence electrons. The number of aliphatic hydroxyl groups excluding tert-OH is 1. The third kappa shape index (κ3) is 7.17. The summed E-state index contributed by atoms with van der Waals surface area (Å²) in [5.41, 5.74) is 4.55. The van der Waals surface area contributed by atoms with Crippen LogP contribution in [-0.2, 0) is 12.8 Å². The Morgan fingerprint density at radius 3 is 2.50 bits per heavy atom. The molecule has 0 spiro atoms. The second-order valence-corrected chi connectivity index (χ2v) is 7.91. The van der Waals surface area contributed by atoms with Crippen molar-refractivity contribution in [1.82, 2.24) is 0 Å². The molecule has 1 aromatic heterocycles. The van der Waals surface area contributed by atoms with Gasteiger partial charge in [0.2, 0.25) is 0 Å². The fourth-order valence-electron chi connectivity index (χ4n) is 3.29. The third-order valence-electron chi connectivity index (χ3n) is 5.44. The highest BCUT2D eigenvalue weighted by atomic mass is 16.6. The average molecular weight is 415 g/mol. The maximum absolute atomic E-state index is 12.5. The van der Waals surface area contributed by atoms with E-state index in [0.29, 0.717) is 35.7 Å². The molecule has 0 amide bonds. The lowest BCUT2D eigenvalue weighted by atomic mass is 9.96. The molecule has 0 unspecified atom stereocenters. The van der Waals surface area contributed by atoms with Crippen molar-refractivity contribution >= 4 is 0 Å². The van der Waals surface area contributed by atoms with Crippen LogP contribution in [0.2, 0.25) is 0 Å². The number of hydrogen-bond acceptors (Lipinski definition) is 4. The lowest BCUT2D eigenvalue weighted by Gasteiger charge is -2.16. The minimum absolute atomic E-state index is 0.00627. The molecule has 0 aliphatic heterocycles. The van der Waals surface area contributed by atoms with Gasteiger partial charge in [-0.15, -0.1) is 0 Å². The van der Waals surface area contributed by atoms with Crippen LogP contribution in [0.5, 0.6) is 5.95 Å².